The molecule has 3 rings (SSSR count). The second-order valence-corrected chi connectivity index (χ2v) is 6.70. The van der Waals surface area contributed by atoms with E-state index >= 15 is 0 Å². The van der Waals surface area contributed by atoms with Crippen LogP contribution in [0.3, 0.4) is 0 Å². The highest BCUT2D eigenvalue weighted by molar-refractivity contribution is 5.07. The average Bonchev–Trinajstić information content (AvgIpc) is 2.87. The number of nitrogens with two attached hydrogens (primary N) is 1. The lowest BCUT2D eigenvalue weighted by molar-refractivity contribution is 0.0212. The standard InChI is InChI=1S/C14H27N3/c1-11-7-17(8-12(11)2)14(10-15)4-6-16-5-3-13(14)9-16/h11-13H,3-10,15H2,1-2H3. The van der Waals surface area contributed by atoms with Gasteiger partial charge >= 0.3 is 0 Å². The third-order valence-electron chi connectivity index (χ3n) is 5.86. The van der Waals surface area contributed by atoms with Crippen molar-refractivity contribution in [2.45, 2.75) is 32.2 Å². The van der Waals surface area contributed by atoms with Gasteiger partial charge in [-0.1, -0.05) is 13.8 Å². The second-order valence-electron chi connectivity index (χ2n) is 6.70. The molecule has 0 aliphatic carbocycles. The van der Waals surface area contributed by atoms with E-state index in [9.17, 15) is 0 Å². The van der Waals surface area contributed by atoms with Crippen molar-refractivity contribution >= 4 is 0 Å². The normalized spacial score (nSPS) is 51.0. The number of piperidine rings is 1. The molecule has 3 saturated heterocycles. The zero-order chi connectivity index (χ0) is 12.0. The molecule has 0 aromatic carbocycles. The van der Waals surface area contributed by atoms with Crippen LogP contribution in [0.4, 0.5) is 0 Å². The Bertz CT molecular complexity index is 283. The molecule has 3 heterocycles. The zero-order valence-electron chi connectivity index (χ0n) is 11.4. The summed E-state index contributed by atoms with van der Waals surface area (Å²) in [6, 6.07) is 0. The summed E-state index contributed by atoms with van der Waals surface area (Å²) in [5.74, 6) is 2.52. The van der Waals surface area contributed by atoms with Crippen LogP contribution in [0.2, 0.25) is 0 Å². The van der Waals surface area contributed by atoms with Crippen LogP contribution in [0.5, 0.6) is 0 Å². The first-order chi connectivity index (χ1) is 8.15. The molecule has 3 aliphatic rings. The Hall–Kier alpha value is -0.120. The van der Waals surface area contributed by atoms with Crippen molar-refractivity contribution in [2.24, 2.45) is 23.5 Å². The van der Waals surface area contributed by atoms with Gasteiger partial charge in [0, 0.05) is 31.7 Å². The number of nitrogens with zero attached hydrogens (tertiary/aromatic N) is 2. The topological polar surface area (TPSA) is 32.5 Å². The van der Waals surface area contributed by atoms with Gasteiger partial charge in [0.25, 0.3) is 0 Å². The molecule has 98 valence electrons. The third kappa shape index (κ3) is 1.74. The van der Waals surface area contributed by atoms with Gasteiger partial charge in [-0.05, 0) is 43.7 Å². The fourth-order valence-electron chi connectivity index (χ4n) is 4.34. The molecule has 3 nitrogen and oxygen atoms in total. The molecule has 3 aliphatic heterocycles. The lowest BCUT2D eigenvalue weighted by Gasteiger charge is -2.49. The number of fused-ring (bicyclic) bond motifs is 2. The molecule has 3 heteroatoms. The van der Waals surface area contributed by atoms with Gasteiger partial charge in [0.2, 0.25) is 0 Å². The summed E-state index contributed by atoms with van der Waals surface area (Å²) < 4.78 is 0. The quantitative estimate of drug-likeness (QED) is 0.777. The first kappa shape index (κ1) is 11.9. The largest absolute Gasteiger partial charge is 0.329 e. The smallest absolute Gasteiger partial charge is 0.0384 e. The molecule has 0 spiro atoms. The predicted octanol–water partition coefficient (Wildman–Crippen LogP) is 0.997. The molecule has 5 unspecified atom stereocenters. The van der Waals surface area contributed by atoms with Crippen LogP contribution in [0.1, 0.15) is 26.7 Å². The monoisotopic (exact) mass is 237 g/mol. The van der Waals surface area contributed by atoms with Gasteiger partial charge in [-0.3, -0.25) is 4.90 Å². The number of rotatable bonds is 2. The van der Waals surface area contributed by atoms with E-state index in [0.29, 0.717) is 5.54 Å². The van der Waals surface area contributed by atoms with Gasteiger partial charge in [0.05, 0.1) is 0 Å². The average molecular weight is 237 g/mol. The van der Waals surface area contributed by atoms with Crippen molar-refractivity contribution in [3.05, 3.63) is 0 Å². The molecule has 0 radical (unpaired) electrons. The maximum absolute atomic E-state index is 6.23. The highest BCUT2D eigenvalue weighted by Crippen LogP contribution is 2.42. The molecule has 0 saturated carbocycles. The molecule has 0 aromatic rings. The molecule has 0 aromatic heterocycles. The minimum Gasteiger partial charge on any atom is -0.329 e. The van der Waals surface area contributed by atoms with Crippen molar-refractivity contribution in [1.82, 2.24) is 9.80 Å². The summed E-state index contributed by atoms with van der Waals surface area (Å²) in [6.45, 7) is 12.1. The Morgan fingerprint density at radius 1 is 1.12 bits per heavy atom. The highest BCUT2D eigenvalue weighted by atomic mass is 15.3. The van der Waals surface area contributed by atoms with Gasteiger partial charge in [0.15, 0.2) is 0 Å². The van der Waals surface area contributed by atoms with E-state index in [4.69, 9.17) is 5.73 Å². The molecule has 5 atom stereocenters. The van der Waals surface area contributed by atoms with E-state index in [0.717, 1.165) is 24.3 Å². The summed E-state index contributed by atoms with van der Waals surface area (Å²) in [4.78, 5) is 5.39. The van der Waals surface area contributed by atoms with E-state index in [-0.39, 0.29) is 0 Å². The van der Waals surface area contributed by atoms with E-state index < -0.39 is 0 Å². The summed E-state index contributed by atoms with van der Waals surface area (Å²) in [5, 5.41) is 0. The summed E-state index contributed by atoms with van der Waals surface area (Å²) in [5.41, 5.74) is 6.57. The van der Waals surface area contributed by atoms with Gasteiger partial charge in [-0.25, -0.2) is 0 Å². The van der Waals surface area contributed by atoms with E-state index in [1.54, 1.807) is 0 Å². The molecule has 2 N–H and O–H groups in total. The van der Waals surface area contributed by atoms with Crippen molar-refractivity contribution in [3.63, 3.8) is 0 Å². The highest BCUT2D eigenvalue weighted by Gasteiger charge is 2.50. The van der Waals surface area contributed by atoms with Crippen LogP contribution in [0, 0.1) is 17.8 Å². The van der Waals surface area contributed by atoms with Crippen molar-refractivity contribution in [2.75, 3.05) is 39.3 Å². The Kier molecular flexibility index (Phi) is 2.96. The van der Waals surface area contributed by atoms with E-state index in [2.05, 4.69) is 23.6 Å². The maximum Gasteiger partial charge on any atom is 0.0384 e. The summed E-state index contributed by atoms with van der Waals surface area (Å²) >= 11 is 0. The van der Waals surface area contributed by atoms with Crippen LogP contribution in [0.15, 0.2) is 0 Å². The first-order valence-corrected chi connectivity index (χ1v) is 7.33. The van der Waals surface area contributed by atoms with Gasteiger partial charge in [0.1, 0.15) is 0 Å². The van der Waals surface area contributed by atoms with Crippen molar-refractivity contribution < 1.29 is 0 Å². The van der Waals surface area contributed by atoms with E-state index in [1.165, 1.54) is 45.6 Å². The van der Waals surface area contributed by atoms with Gasteiger partial charge < -0.3 is 10.6 Å². The number of likely N-dealkylation sites (tertiary alicyclic amines) is 1. The summed E-state index contributed by atoms with van der Waals surface area (Å²) in [7, 11) is 0. The molecule has 17 heavy (non-hydrogen) atoms. The molecule has 0 amide bonds. The number of hydrogen-bond acceptors (Lipinski definition) is 3. The zero-order valence-corrected chi connectivity index (χ0v) is 11.4. The van der Waals surface area contributed by atoms with Gasteiger partial charge in [-0.15, -0.1) is 0 Å². The van der Waals surface area contributed by atoms with E-state index in [1.807, 2.05) is 0 Å². The SMILES string of the molecule is CC1CN(C2(CN)CCN3CCC2C3)CC1C. The molecular formula is C14H27N3. The molecule has 2 bridgehead atoms. The van der Waals surface area contributed by atoms with Crippen LogP contribution in [0.25, 0.3) is 0 Å². The van der Waals surface area contributed by atoms with Crippen LogP contribution >= 0.6 is 0 Å². The number of hydrogen-bond donors (Lipinski definition) is 1. The van der Waals surface area contributed by atoms with Crippen molar-refractivity contribution in [1.29, 1.82) is 0 Å². The lowest BCUT2D eigenvalue weighted by Crippen LogP contribution is -2.61. The fraction of sp³-hybridized carbons (Fsp3) is 1.00. The summed E-state index contributed by atoms with van der Waals surface area (Å²) in [6.07, 6.45) is 2.67. The third-order valence-corrected chi connectivity index (χ3v) is 5.86. The lowest BCUT2D eigenvalue weighted by atomic mass is 9.77. The van der Waals surface area contributed by atoms with Crippen LogP contribution < -0.4 is 5.73 Å². The molecular weight excluding hydrogens is 210 g/mol. The second kappa shape index (κ2) is 4.22. The predicted molar refractivity (Wildman–Crippen MR) is 70.9 cm³/mol. The molecule has 3 fully saturated rings. The Labute approximate surface area is 105 Å². The Morgan fingerprint density at radius 2 is 1.82 bits per heavy atom. The minimum absolute atomic E-state index is 0.339. The van der Waals surface area contributed by atoms with Crippen molar-refractivity contribution in [3.8, 4) is 0 Å². The fourth-order valence-corrected chi connectivity index (χ4v) is 4.34. The minimum atomic E-state index is 0.339. The van der Waals surface area contributed by atoms with Crippen LogP contribution in [-0.4, -0.2) is 54.6 Å². The maximum atomic E-state index is 6.23. The Morgan fingerprint density at radius 3 is 2.47 bits per heavy atom. The van der Waals surface area contributed by atoms with Crippen LogP contribution in [-0.2, 0) is 0 Å². The first-order valence-electron chi connectivity index (χ1n) is 7.33. The van der Waals surface area contributed by atoms with Gasteiger partial charge in [-0.2, -0.15) is 0 Å². The Balaban J connectivity index is 1.82.